The van der Waals surface area contributed by atoms with Crippen LogP contribution in [0.2, 0.25) is 0 Å². The molecule has 2 heterocycles. The van der Waals surface area contributed by atoms with Crippen molar-refractivity contribution in [1.29, 1.82) is 0 Å². The molecule has 0 bridgehead atoms. The van der Waals surface area contributed by atoms with E-state index in [2.05, 4.69) is 17.1 Å². The van der Waals surface area contributed by atoms with E-state index in [1.165, 1.54) is 12.8 Å². The Balaban J connectivity index is 1.93. The number of carbonyl (C=O) groups excluding carboxylic acids is 1. The average molecular weight is 324 g/mol. The van der Waals surface area contributed by atoms with Crippen molar-refractivity contribution in [3.05, 3.63) is 22.4 Å². The van der Waals surface area contributed by atoms with Gasteiger partial charge in [-0.2, -0.15) is 0 Å². The lowest BCUT2D eigenvalue weighted by Gasteiger charge is -2.30. The van der Waals surface area contributed by atoms with E-state index in [4.69, 9.17) is 0 Å². The SMILES string of the molecule is CCCNC(=O)CN1CCCCC[C@H]1C[C@@H](O)c1cccs1. The molecule has 0 unspecified atom stereocenters. The van der Waals surface area contributed by atoms with Gasteiger partial charge in [0.15, 0.2) is 0 Å². The number of aliphatic hydroxyl groups is 1. The zero-order chi connectivity index (χ0) is 15.8. The number of amides is 1. The topological polar surface area (TPSA) is 52.6 Å². The third kappa shape index (κ3) is 5.38. The van der Waals surface area contributed by atoms with E-state index in [0.29, 0.717) is 12.6 Å². The van der Waals surface area contributed by atoms with Crippen LogP contribution in [0, 0.1) is 0 Å². The monoisotopic (exact) mass is 324 g/mol. The van der Waals surface area contributed by atoms with Gasteiger partial charge in [0.1, 0.15) is 0 Å². The fraction of sp³-hybridized carbons (Fsp3) is 0.706. The molecule has 1 fully saturated rings. The minimum atomic E-state index is -0.413. The first kappa shape index (κ1) is 17.4. The predicted molar refractivity (Wildman–Crippen MR) is 91.0 cm³/mol. The van der Waals surface area contributed by atoms with Gasteiger partial charge in [0.25, 0.3) is 0 Å². The summed E-state index contributed by atoms with van der Waals surface area (Å²) in [6, 6.07) is 4.27. The highest BCUT2D eigenvalue weighted by Crippen LogP contribution is 2.28. The van der Waals surface area contributed by atoms with Crippen LogP contribution in [0.4, 0.5) is 0 Å². The summed E-state index contributed by atoms with van der Waals surface area (Å²) in [6.07, 6.45) is 5.90. The van der Waals surface area contributed by atoms with Gasteiger partial charge in [-0.15, -0.1) is 11.3 Å². The minimum Gasteiger partial charge on any atom is -0.388 e. The number of nitrogens with one attached hydrogen (secondary N) is 1. The summed E-state index contributed by atoms with van der Waals surface area (Å²) in [5, 5.41) is 15.4. The van der Waals surface area contributed by atoms with Crippen molar-refractivity contribution < 1.29 is 9.90 Å². The minimum absolute atomic E-state index is 0.111. The van der Waals surface area contributed by atoms with Crippen molar-refractivity contribution >= 4 is 17.2 Å². The lowest BCUT2D eigenvalue weighted by Crippen LogP contribution is -2.43. The first-order chi connectivity index (χ1) is 10.7. The summed E-state index contributed by atoms with van der Waals surface area (Å²) < 4.78 is 0. The third-order valence-corrected chi connectivity index (χ3v) is 5.26. The van der Waals surface area contributed by atoms with E-state index in [0.717, 1.165) is 43.6 Å². The molecular weight excluding hydrogens is 296 g/mol. The smallest absolute Gasteiger partial charge is 0.234 e. The number of hydrogen-bond acceptors (Lipinski definition) is 4. The Labute approximate surface area is 137 Å². The van der Waals surface area contributed by atoms with Gasteiger partial charge in [-0.25, -0.2) is 0 Å². The Bertz CT molecular complexity index is 436. The molecule has 1 amide bonds. The first-order valence-electron chi connectivity index (χ1n) is 8.43. The molecule has 0 aliphatic carbocycles. The predicted octanol–water partition coefficient (Wildman–Crippen LogP) is 2.94. The van der Waals surface area contributed by atoms with Crippen LogP contribution in [0.25, 0.3) is 0 Å². The molecule has 0 radical (unpaired) electrons. The lowest BCUT2D eigenvalue weighted by molar-refractivity contribution is -0.123. The van der Waals surface area contributed by atoms with Crippen LogP contribution in [0.1, 0.15) is 56.4 Å². The molecule has 124 valence electrons. The van der Waals surface area contributed by atoms with E-state index in [9.17, 15) is 9.90 Å². The van der Waals surface area contributed by atoms with E-state index >= 15 is 0 Å². The molecule has 5 heteroatoms. The number of carbonyl (C=O) groups is 1. The summed E-state index contributed by atoms with van der Waals surface area (Å²) in [5.41, 5.74) is 0. The number of thiophene rings is 1. The number of likely N-dealkylation sites (tertiary alicyclic amines) is 1. The van der Waals surface area contributed by atoms with Crippen LogP contribution in [0.3, 0.4) is 0 Å². The van der Waals surface area contributed by atoms with Crippen LogP contribution in [0.5, 0.6) is 0 Å². The van der Waals surface area contributed by atoms with Crippen LogP contribution in [-0.2, 0) is 4.79 Å². The summed E-state index contributed by atoms with van der Waals surface area (Å²) in [4.78, 5) is 15.3. The summed E-state index contributed by atoms with van der Waals surface area (Å²) in [5.74, 6) is 0.111. The Morgan fingerprint density at radius 3 is 3.09 bits per heavy atom. The highest BCUT2D eigenvalue weighted by Gasteiger charge is 2.26. The van der Waals surface area contributed by atoms with Crippen molar-refractivity contribution in [1.82, 2.24) is 10.2 Å². The molecule has 1 aromatic heterocycles. The van der Waals surface area contributed by atoms with Crippen LogP contribution < -0.4 is 5.32 Å². The van der Waals surface area contributed by atoms with Crippen molar-refractivity contribution in [2.45, 2.75) is 57.6 Å². The van der Waals surface area contributed by atoms with Gasteiger partial charge < -0.3 is 10.4 Å². The number of rotatable bonds is 7. The normalized spacial score (nSPS) is 21.3. The van der Waals surface area contributed by atoms with Crippen molar-refractivity contribution in [3.8, 4) is 0 Å². The van der Waals surface area contributed by atoms with Crippen LogP contribution >= 0.6 is 11.3 Å². The van der Waals surface area contributed by atoms with E-state index in [1.54, 1.807) is 11.3 Å². The highest BCUT2D eigenvalue weighted by molar-refractivity contribution is 7.10. The van der Waals surface area contributed by atoms with Gasteiger partial charge in [0, 0.05) is 17.5 Å². The van der Waals surface area contributed by atoms with Gasteiger partial charge in [0.05, 0.1) is 12.6 Å². The lowest BCUT2D eigenvalue weighted by atomic mass is 10.0. The molecule has 2 atom stereocenters. The molecule has 1 aliphatic heterocycles. The van der Waals surface area contributed by atoms with Gasteiger partial charge in [-0.05, 0) is 43.7 Å². The standard InChI is InChI=1S/C17H28N2O2S/c1-2-9-18-17(21)13-19-10-5-3-4-7-14(19)12-15(20)16-8-6-11-22-16/h6,8,11,14-15,20H,2-5,7,9-10,12-13H2,1H3,(H,18,21)/t14-,15+/m0/s1. The Morgan fingerprint density at radius 2 is 2.36 bits per heavy atom. The zero-order valence-electron chi connectivity index (χ0n) is 13.5. The molecule has 0 spiro atoms. The Kier molecular flexibility index (Phi) is 7.36. The molecule has 2 rings (SSSR count). The molecule has 0 aromatic carbocycles. The highest BCUT2D eigenvalue weighted by atomic mass is 32.1. The van der Waals surface area contributed by atoms with E-state index in [-0.39, 0.29) is 5.91 Å². The van der Waals surface area contributed by atoms with Gasteiger partial charge in [-0.3, -0.25) is 9.69 Å². The quantitative estimate of drug-likeness (QED) is 0.811. The Morgan fingerprint density at radius 1 is 1.50 bits per heavy atom. The maximum Gasteiger partial charge on any atom is 0.234 e. The molecular formula is C17H28N2O2S. The van der Waals surface area contributed by atoms with Crippen LogP contribution in [-0.4, -0.2) is 41.6 Å². The molecule has 1 aliphatic rings. The van der Waals surface area contributed by atoms with Gasteiger partial charge in [0.2, 0.25) is 5.91 Å². The van der Waals surface area contributed by atoms with E-state index in [1.807, 2.05) is 17.5 Å². The zero-order valence-corrected chi connectivity index (χ0v) is 14.3. The van der Waals surface area contributed by atoms with Gasteiger partial charge >= 0.3 is 0 Å². The molecule has 4 nitrogen and oxygen atoms in total. The number of hydrogen-bond donors (Lipinski definition) is 2. The number of aliphatic hydroxyl groups excluding tert-OH is 1. The molecule has 1 aromatic rings. The van der Waals surface area contributed by atoms with Crippen molar-refractivity contribution in [2.24, 2.45) is 0 Å². The van der Waals surface area contributed by atoms with Crippen molar-refractivity contribution in [2.75, 3.05) is 19.6 Å². The molecule has 1 saturated heterocycles. The first-order valence-corrected chi connectivity index (χ1v) is 9.31. The maximum atomic E-state index is 12.0. The second-order valence-corrected chi connectivity index (χ2v) is 7.07. The van der Waals surface area contributed by atoms with Crippen LogP contribution in [0.15, 0.2) is 17.5 Å². The fourth-order valence-corrected chi connectivity index (χ4v) is 3.80. The van der Waals surface area contributed by atoms with E-state index < -0.39 is 6.10 Å². The summed E-state index contributed by atoms with van der Waals surface area (Å²) in [7, 11) is 0. The van der Waals surface area contributed by atoms with Crippen molar-refractivity contribution in [3.63, 3.8) is 0 Å². The largest absolute Gasteiger partial charge is 0.388 e. The second kappa shape index (κ2) is 9.28. The summed E-state index contributed by atoms with van der Waals surface area (Å²) >= 11 is 1.60. The molecule has 22 heavy (non-hydrogen) atoms. The van der Waals surface area contributed by atoms with Gasteiger partial charge in [-0.1, -0.05) is 25.8 Å². The third-order valence-electron chi connectivity index (χ3n) is 4.28. The fourth-order valence-electron chi connectivity index (χ4n) is 3.07. The molecule has 2 N–H and O–H groups in total. The molecule has 0 saturated carbocycles. The number of nitrogens with zero attached hydrogens (tertiary/aromatic N) is 1. The second-order valence-electron chi connectivity index (χ2n) is 6.09. The summed E-state index contributed by atoms with van der Waals surface area (Å²) in [6.45, 7) is 4.23. The maximum absolute atomic E-state index is 12.0. The Hall–Kier alpha value is -0.910. The average Bonchev–Trinajstić information content (AvgIpc) is 2.97.